The van der Waals surface area contributed by atoms with Crippen molar-refractivity contribution in [2.45, 2.75) is 52.4 Å². The topological polar surface area (TPSA) is 9.23 Å². The molecule has 0 N–H and O–H groups in total. The average molecular weight is 408 g/mol. The Hall–Kier alpha value is 0.564. The van der Waals surface area contributed by atoms with Gasteiger partial charge in [-0.05, 0) is 0 Å². The van der Waals surface area contributed by atoms with Crippen LogP contribution in [-0.4, -0.2) is 11.5 Å². The third-order valence-electron chi connectivity index (χ3n) is 3.82. The fourth-order valence-corrected chi connectivity index (χ4v) is 4.94. The molecule has 0 saturated carbocycles. The van der Waals surface area contributed by atoms with Crippen molar-refractivity contribution in [3.8, 4) is 0 Å². The van der Waals surface area contributed by atoms with Gasteiger partial charge in [-0.3, -0.25) is 0 Å². The van der Waals surface area contributed by atoms with E-state index in [2.05, 4.69) is 79.4 Å². The van der Waals surface area contributed by atoms with Crippen molar-refractivity contribution in [1.82, 2.24) is 0 Å². The molecule has 0 heterocycles. The van der Waals surface area contributed by atoms with Crippen molar-refractivity contribution in [2.75, 3.05) is 6.61 Å². The van der Waals surface area contributed by atoms with Crippen LogP contribution in [0.15, 0.2) is 44.2 Å². The quantitative estimate of drug-likeness (QED) is 0.459. The Morgan fingerprint density at radius 1 is 1.30 bits per heavy atom. The summed E-state index contributed by atoms with van der Waals surface area (Å²) >= 11 is 4.13. The second-order valence-corrected chi connectivity index (χ2v) is 8.94. The van der Waals surface area contributed by atoms with Gasteiger partial charge in [0.25, 0.3) is 0 Å². The van der Waals surface area contributed by atoms with Crippen molar-refractivity contribution in [3.05, 3.63) is 44.2 Å². The summed E-state index contributed by atoms with van der Waals surface area (Å²) in [5.41, 5.74) is 2.86. The molecule has 2 aliphatic carbocycles. The minimum Gasteiger partial charge on any atom is -1.00 e. The summed E-state index contributed by atoms with van der Waals surface area (Å²) in [5, 5.41) is 0. The Balaban J connectivity index is 0.00000242. The molecule has 2 rings (SSSR count). The number of rotatable bonds is 4. The maximum absolute atomic E-state index is 6.35. The van der Waals surface area contributed by atoms with Gasteiger partial charge >= 0.3 is 146 Å². The summed E-state index contributed by atoms with van der Waals surface area (Å²) in [5.74, 6) is 0. The second kappa shape index (κ2) is 9.31. The Kier molecular flexibility index (Phi) is 9.54. The van der Waals surface area contributed by atoms with Gasteiger partial charge in [-0.15, -0.1) is 0 Å². The number of hydrogen-bond acceptors (Lipinski definition) is 2. The van der Waals surface area contributed by atoms with Gasteiger partial charge in [0, 0.05) is 0 Å². The van der Waals surface area contributed by atoms with Crippen LogP contribution in [0.4, 0.5) is 0 Å². The predicted octanol–water partition coefficient (Wildman–Crippen LogP) is -0.499. The summed E-state index contributed by atoms with van der Waals surface area (Å²) < 4.78 is 7.81. The van der Waals surface area contributed by atoms with E-state index in [1.54, 1.807) is 0 Å². The molecule has 0 radical (unpaired) electrons. The molecule has 0 aromatic rings. The van der Waals surface area contributed by atoms with E-state index >= 15 is 0 Å². The molecule has 0 bridgehead atoms. The van der Waals surface area contributed by atoms with Gasteiger partial charge < -0.3 is 24.8 Å². The van der Waals surface area contributed by atoms with Crippen LogP contribution in [0, 0.1) is 5.41 Å². The van der Waals surface area contributed by atoms with E-state index in [9.17, 15) is 0 Å². The molecule has 2 aliphatic rings. The maximum Gasteiger partial charge on any atom is -1.00 e. The Morgan fingerprint density at radius 2 is 1.96 bits per heavy atom. The molecule has 1 nitrogen and oxygen atoms in total. The zero-order valence-corrected chi connectivity index (χ0v) is 18.4. The summed E-state index contributed by atoms with van der Waals surface area (Å²) in [7, 11) is 0. The zero-order chi connectivity index (χ0) is 15.7. The van der Waals surface area contributed by atoms with Crippen molar-refractivity contribution >= 4 is 11.8 Å². The molecule has 0 aromatic carbocycles. The van der Waals surface area contributed by atoms with E-state index in [-0.39, 0.29) is 35.2 Å². The molecule has 23 heavy (non-hydrogen) atoms. The number of hydrogen-bond donors (Lipinski definition) is 0. The van der Waals surface area contributed by atoms with Crippen LogP contribution in [0.3, 0.4) is 0 Å². The first-order valence-electron chi connectivity index (χ1n) is 7.62. The first-order valence-corrected chi connectivity index (χ1v) is 9.22. The van der Waals surface area contributed by atoms with Gasteiger partial charge in [-0.25, -0.2) is 0 Å². The zero-order valence-electron chi connectivity index (χ0n) is 14.5. The molecule has 0 spiro atoms. The number of ether oxygens (including phenoxy) is 1. The maximum atomic E-state index is 6.35. The molecule has 0 amide bonds. The SMILES string of the molecule is CCOC1(SC2=[C]([Ti+2])CC=C2)CC=C(C)C=C1C(C)(C)C.[Cl-].[Cl-]. The summed E-state index contributed by atoms with van der Waals surface area (Å²) in [6.07, 6.45) is 11.2. The normalized spacial score (nSPS) is 24.0. The van der Waals surface area contributed by atoms with E-state index in [4.69, 9.17) is 4.74 Å². The number of allylic oxidation sites excluding steroid dienone is 5. The van der Waals surface area contributed by atoms with Gasteiger partial charge in [0.2, 0.25) is 0 Å². The van der Waals surface area contributed by atoms with Gasteiger partial charge in [0.15, 0.2) is 0 Å². The molecule has 1 unspecified atom stereocenters. The van der Waals surface area contributed by atoms with Crippen LogP contribution < -0.4 is 24.8 Å². The standard InChI is InChI=1S/C18H25OS.2ClH.Ti/c1-6-19-18(20-15-9-7-8-10-15)12-11-14(2)13-16(18)17(3,4)5;;;/h7,9,11,13H,6,8,12H2,1-5H3;2*1H;/q;;;+2/p-2. The third-order valence-corrected chi connectivity index (χ3v) is 6.28. The summed E-state index contributed by atoms with van der Waals surface area (Å²) in [6.45, 7) is 11.9. The van der Waals surface area contributed by atoms with E-state index in [0.717, 1.165) is 19.4 Å². The molecule has 5 heteroatoms. The van der Waals surface area contributed by atoms with Gasteiger partial charge in [0.1, 0.15) is 0 Å². The van der Waals surface area contributed by atoms with Gasteiger partial charge in [0.05, 0.1) is 0 Å². The number of thioether (sulfide) groups is 1. The Labute approximate surface area is 169 Å². The van der Waals surface area contributed by atoms with Crippen LogP contribution >= 0.6 is 11.8 Å². The molecule has 127 valence electrons. The Morgan fingerprint density at radius 3 is 2.43 bits per heavy atom. The molecule has 0 fully saturated rings. The molecule has 0 aromatic heterocycles. The monoisotopic (exact) mass is 407 g/mol. The van der Waals surface area contributed by atoms with E-state index in [1.807, 2.05) is 11.8 Å². The van der Waals surface area contributed by atoms with E-state index < -0.39 is 0 Å². The largest absolute Gasteiger partial charge is 1.00 e. The van der Waals surface area contributed by atoms with Crippen molar-refractivity contribution < 1.29 is 50.0 Å². The minimum atomic E-state index is -0.252. The predicted molar refractivity (Wildman–Crippen MR) is 88.6 cm³/mol. The van der Waals surface area contributed by atoms with Gasteiger partial charge in [-0.1, -0.05) is 0 Å². The van der Waals surface area contributed by atoms with Crippen LogP contribution in [0.25, 0.3) is 0 Å². The molecular formula is C18H25Cl2OSTi. The van der Waals surface area contributed by atoms with Crippen LogP contribution in [-0.2, 0) is 25.2 Å². The average Bonchev–Trinajstić information content (AvgIpc) is 2.77. The summed E-state index contributed by atoms with van der Waals surface area (Å²) in [4.78, 5) is 1.13. The molecule has 0 aliphatic heterocycles. The smallest absolute Gasteiger partial charge is 1.00 e. The van der Waals surface area contributed by atoms with E-state index in [1.165, 1.54) is 19.9 Å². The van der Waals surface area contributed by atoms with Crippen LogP contribution in [0.5, 0.6) is 0 Å². The summed E-state index contributed by atoms with van der Waals surface area (Å²) in [6, 6.07) is 0. The van der Waals surface area contributed by atoms with E-state index in [0.29, 0.717) is 0 Å². The van der Waals surface area contributed by atoms with Crippen LogP contribution in [0.2, 0.25) is 0 Å². The fraction of sp³-hybridized carbons (Fsp3) is 0.556. The van der Waals surface area contributed by atoms with Crippen molar-refractivity contribution in [1.29, 1.82) is 0 Å². The van der Waals surface area contributed by atoms with Gasteiger partial charge in [-0.2, -0.15) is 0 Å². The first-order chi connectivity index (χ1) is 9.78. The Bertz CT molecular complexity index is 544. The minimum absolute atomic E-state index is 0. The van der Waals surface area contributed by atoms with Crippen molar-refractivity contribution in [3.63, 3.8) is 0 Å². The fourth-order valence-electron chi connectivity index (χ4n) is 2.84. The molecule has 0 saturated heterocycles. The molecule has 1 atom stereocenters. The number of halogens is 2. The van der Waals surface area contributed by atoms with Crippen molar-refractivity contribution in [2.24, 2.45) is 5.41 Å². The third kappa shape index (κ3) is 5.52. The van der Waals surface area contributed by atoms with Crippen LogP contribution in [0.1, 0.15) is 47.5 Å². The second-order valence-electron chi connectivity index (χ2n) is 6.70. The molecular weight excluding hydrogens is 383 g/mol. The first kappa shape index (κ1) is 23.6.